The third kappa shape index (κ3) is 5.31. The number of Topliss-reactive ketones (excluding diaryl/α,β-unsaturated/α-hetero) is 1. The van der Waals surface area contributed by atoms with Crippen LogP contribution in [0.3, 0.4) is 0 Å². The van der Waals surface area contributed by atoms with E-state index in [0.29, 0.717) is 25.9 Å². The fourth-order valence-corrected chi connectivity index (χ4v) is 2.66. The fourth-order valence-electron chi connectivity index (χ4n) is 2.66. The highest BCUT2D eigenvalue weighted by atomic mass is 16.6. The highest BCUT2D eigenvalue weighted by Gasteiger charge is 2.37. The quantitative estimate of drug-likeness (QED) is 0.588. The molecule has 0 bridgehead atoms. The molecule has 0 spiro atoms. The van der Waals surface area contributed by atoms with Crippen molar-refractivity contribution in [3.63, 3.8) is 0 Å². The van der Waals surface area contributed by atoms with E-state index in [0.717, 1.165) is 0 Å². The number of amides is 1. The van der Waals surface area contributed by atoms with Crippen LogP contribution in [0.15, 0.2) is 0 Å². The van der Waals surface area contributed by atoms with Gasteiger partial charge in [0.2, 0.25) is 0 Å². The molecule has 0 saturated carbocycles. The number of likely N-dealkylation sites (tertiary alicyclic amines) is 1. The molecule has 0 aromatic heterocycles. The smallest absolute Gasteiger partial charge is 0.410 e. The van der Waals surface area contributed by atoms with Crippen LogP contribution in [0.5, 0.6) is 0 Å². The second-order valence-corrected chi connectivity index (χ2v) is 6.65. The SMILES string of the molecule is CCOC(=O)C(C(C)=O)C1CCN(C(=O)OC(C)(C)C)CC1. The largest absolute Gasteiger partial charge is 0.465 e. The molecule has 22 heavy (non-hydrogen) atoms. The van der Waals surface area contributed by atoms with Crippen LogP contribution >= 0.6 is 0 Å². The number of carbonyl (C=O) groups excluding carboxylic acids is 3. The van der Waals surface area contributed by atoms with E-state index in [1.807, 2.05) is 20.8 Å². The van der Waals surface area contributed by atoms with Gasteiger partial charge in [0.05, 0.1) is 6.61 Å². The van der Waals surface area contributed by atoms with E-state index in [9.17, 15) is 14.4 Å². The first-order chi connectivity index (χ1) is 10.2. The zero-order chi connectivity index (χ0) is 16.9. The Kier molecular flexibility index (Phi) is 6.38. The molecule has 0 aromatic carbocycles. The van der Waals surface area contributed by atoms with Crippen LogP contribution in [0, 0.1) is 11.8 Å². The molecule has 1 fully saturated rings. The number of hydrogen-bond acceptors (Lipinski definition) is 5. The highest BCUT2D eigenvalue weighted by Crippen LogP contribution is 2.27. The summed E-state index contributed by atoms with van der Waals surface area (Å²) in [5, 5.41) is 0. The molecule has 1 heterocycles. The van der Waals surface area contributed by atoms with E-state index in [4.69, 9.17) is 9.47 Å². The van der Waals surface area contributed by atoms with Crippen molar-refractivity contribution in [2.75, 3.05) is 19.7 Å². The third-order valence-electron chi connectivity index (χ3n) is 3.64. The Bertz CT molecular complexity index is 419. The first-order valence-corrected chi connectivity index (χ1v) is 7.80. The van der Waals surface area contributed by atoms with Crippen LogP contribution in [0.4, 0.5) is 4.79 Å². The Morgan fingerprint density at radius 3 is 2.14 bits per heavy atom. The van der Waals surface area contributed by atoms with Crippen LogP contribution in [0.2, 0.25) is 0 Å². The average molecular weight is 313 g/mol. The van der Waals surface area contributed by atoms with Crippen molar-refractivity contribution >= 4 is 17.8 Å². The zero-order valence-electron chi connectivity index (χ0n) is 14.2. The Morgan fingerprint density at radius 2 is 1.73 bits per heavy atom. The van der Waals surface area contributed by atoms with Crippen LogP contribution < -0.4 is 0 Å². The standard InChI is InChI=1S/C16H27NO5/c1-6-21-14(19)13(11(2)18)12-7-9-17(10-8-12)15(20)22-16(3,4)5/h12-13H,6-10H2,1-5H3. The van der Waals surface area contributed by atoms with Crippen LogP contribution in [0.25, 0.3) is 0 Å². The summed E-state index contributed by atoms with van der Waals surface area (Å²) in [5.74, 6) is -1.42. The van der Waals surface area contributed by atoms with Crippen molar-refractivity contribution in [1.29, 1.82) is 0 Å². The van der Waals surface area contributed by atoms with E-state index in [-0.39, 0.29) is 24.4 Å². The van der Waals surface area contributed by atoms with E-state index < -0.39 is 17.5 Å². The molecule has 1 saturated heterocycles. The van der Waals surface area contributed by atoms with Gasteiger partial charge >= 0.3 is 12.1 Å². The predicted octanol–water partition coefficient (Wildman–Crippen LogP) is 2.40. The summed E-state index contributed by atoms with van der Waals surface area (Å²) in [4.78, 5) is 37.3. The topological polar surface area (TPSA) is 72.9 Å². The second-order valence-electron chi connectivity index (χ2n) is 6.65. The van der Waals surface area contributed by atoms with Crippen molar-refractivity contribution in [1.82, 2.24) is 4.90 Å². The molecule has 0 aromatic rings. The summed E-state index contributed by atoms with van der Waals surface area (Å²) >= 11 is 0. The van der Waals surface area contributed by atoms with Gasteiger partial charge in [0.1, 0.15) is 17.3 Å². The number of ether oxygens (including phenoxy) is 2. The number of esters is 1. The minimum Gasteiger partial charge on any atom is -0.465 e. The summed E-state index contributed by atoms with van der Waals surface area (Å²) in [7, 11) is 0. The molecule has 1 aliphatic rings. The summed E-state index contributed by atoms with van der Waals surface area (Å²) < 4.78 is 10.3. The van der Waals surface area contributed by atoms with Crippen LogP contribution in [-0.2, 0) is 19.1 Å². The Morgan fingerprint density at radius 1 is 1.18 bits per heavy atom. The van der Waals surface area contributed by atoms with Crippen molar-refractivity contribution in [3.8, 4) is 0 Å². The van der Waals surface area contributed by atoms with Gasteiger partial charge in [0.25, 0.3) is 0 Å². The first kappa shape index (κ1) is 18.5. The van der Waals surface area contributed by atoms with Crippen molar-refractivity contribution < 1.29 is 23.9 Å². The summed E-state index contributed by atoms with van der Waals surface area (Å²) in [6.45, 7) is 9.85. The monoisotopic (exact) mass is 313 g/mol. The zero-order valence-corrected chi connectivity index (χ0v) is 14.2. The number of nitrogens with zero attached hydrogens (tertiary/aromatic N) is 1. The van der Waals surface area contributed by atoms with Gasteiger partial charge in [-0.3, -0.25) is 9.59 Å². The molecule has 0 N–H and O–H groups in total. The molecule has 0 radical (unpaired) electrons. The van der Waals surface area contributed by atoms with Crippen molar-refractivity contribution in [2.45, 2.75) is 53.1 Å². The van der Waals surface area contributed by atoms with E-state index in [2.05, 4.69) is 0 Å². The molecule has 6 nitrogen and oxygen atoms in total. The van der Waals surface area contributed by atoms with Gasteiger partial charge in [-0.1, -0.05) is 0 Å². The lowest BCUT2D eigenvalue weighted by molar-refractivity contribution is -0.154. The molecule has 1 aliphatic heterocycles. The average Bonchev–Trinajstić information content (AvgIpc) is 2.37. The molecule has 6 heteroatoms. The maximum Gasteiger partial charge on any atom is 0.410 e. The molecule has 126 valence electrons. The maximum absolute atomic E-state index is 12.0. The van der Waals surface area contributed by atoms with Crippen molar-refractivity contribution in [3.05, 3.63) is 0 Å². The third-order valence-corrected chi connectivity index (χ3v) is 3.64. The normalized spacial score (nSPS) is 17.8. The number of carbonyl (C=O) groups is 3. The van der Waals surface area contributed by atoms with E-state index in [1.54, 1.807) is 11.8 Å². The lowest BCUT2D eigenvalue weighted by Gasteiger charge is -2.35. The summed E-state index contributed by atoms with van der Waals surface area (Å²) in [6, 6.07) is 0. The molecular formula is C16H27NO5. The minimum atomic E-state index is -0.722. The van der Waals surface area contributed by atoms with Gasteiger partial charge in [-0.25, -0.2) is 4.79 Å². The highest BCUT2D eigenvalue weighted by molar-refractivity contribution is 5.98. The first-order valence-electron chi connectivity index (χ1n) is 7.80. The Balaban J connectivity index is 2.61. The van der Waals surface area contributed by atoms with Gasteiger partial charge in [-0.2, -0.15) is 0 Å². The molecular weight excluding hydrogens is 286 g/mol. The van der Waals surface area contributed by atoms with Crippen LogP contribution in [-0.4, -0.2) is 48.0 Å². The molecule has 1 amide bonds. The van der Waals surface area contributed by atoms with Gasteiger partial charge in [0.15, 0.2) is 0 Å². The summed E-state index contributed by atoms with van der Waals surface area (Å²) in [6.07, 6.45) is 0.853. The van der Waals surface area contributed by atoms with Crippen LogP contribution in [0.1, 0.15) is 47.5 Å². The Labute approximate surface area is 132 Å². The van der Waals surface area contributed by atoms with Gasteiger partial charge in [-0.05, 0) is 53.4 Å². The minimum absolute atomic E-state index is 0.0739. The number of piperidine rings is 1. The Hall–Kier alpha value is -1.59. The fraction of sp³-hybridized carbons (Fsp3) is 0.812. The van der Waals surface area contributed by atoms with E-state index >= 15 is 0 Å². The lowest BCUT2D eigenvalue weighted by Crippen LogP contribution is -2.45. The second kappa shape index (κ2) is 7.61. The predicted molar refractivity (Wildman–Crippen MR) is 81.3 cm³/mol. The van der Waals surface area contributed by atoms with E-state index in [1.165, 1.54) is 6.92 Å². The number of hydrogen-bond donors (Lipinski definition) is 0. The van der Waals surface area contributed by atoms with Crippen molar-refractivity contribution in [2.24, 2.45) is 11.8 Å². The number of ketones is 1. The molecule has 1 unspecified atom stereocenters. The molecule has 1 atom stereocenters. The van der Waals surface area contributed by atoms with Gasteiger partial charge < -0.3 is 14.4 Å². The summed E-state index contributed by atoms with van der Waals surface area (Å²) in [5.41, 5.74) is -0.527. The van der Waals surface area contributed by atoms with Gasteiger partial charge in [0, 0.05) is 13.1 Å². The molecule has 1 rings (SSSR count). The maximum atomic E-state index is 12.0. The lowest BCUT2D eigenvalue weighted by atomic mass is 9.82. The number of rotatable bonds is 4. The molecule has 0 aliphatic carbocycles. The van der Waals surface area contributed by atoms with Gasteiger partial charge in [-0.15, -0.1) is 0 Å².